The molecule has 0 bridgehead atoms. The topological polar surface area (TPSA) is 43.8 Å². The minimum atomic E-state index is -0.701. The van der Waals surface area contributed by atoms with Gasteiger partial charge in [-0.15, -0.1) is 0 Å². The Bertz CT molecular complexity index is 248. The molecular formula is C14H28N2O2. The van der Waals surface area contributed by atoms with Crippen LogP contribution < -0.4 is 0 Å². The van der Waals surface area contributed by atoms with Gasteiger partial charge >= 0.3 is 5.97 Å². The van der Waals surface area contributed by atoms with Crippen molar-refractivity contribution in [1.29, 1.82) is 0 Å². The molecule has 106 valence electrons. The van der Waals surface area contributed by atoms with E-state index in [9.17, 15) is 4.79 Å². The molecule has 0 unspecified atom stereocenters. The van der Waals surface area contributed by atoms with Crippen LogP contribution in [0.4, 0.5) is 0 Å². The Labute approximate surface area is 111 Å². The van der Waals surface area contributed by atoms with Crippen molar-refractivity contribution in [2.45, 2.75) is 46.1 Å². The molecule has 0 saturated carbocycles. The summed E-state index contributed by atoms with van der Waals surface area (Å²) in [6.07, 6.45) is 3.25. The van der Waals surface area contributed by atoms with Crippen molar-refractivity contribution in [3.63, 3.8) is 0 Å². The number of hydrogen-bond donors (Lipinski definition) is 1. The van der Waals surface area contributed by atoms with E-state index in [-0.39, 0.29) is 6.54 Å². The van der Waals surface area contributed by atoms with E-state index < -0.39 is 5.97 Å². The van der Waals surface area contributed by atoms with Crippen molar-refractivity contribution in [2.75, 3.05) is 32.7 Å². The zero-order valence-electron chi connectivity index (χ0n) is 12.1. The van der Waals surface area contributed by atoms with Gasteiger partial charge in [0.05, 0.1) is 6.54 Å². The van der Waals surface area contributed by atoms with Crippen LogP contribution in [0.2, 0.25) is 0 Å². The number of aliphatic carboxylic acids is 1. The summed E-state index contributed by atoms with van der Waals surface area (Å²) in [6.45, 7) is 11.1. The number of carboxylic acids is 1. The summed E-state index contributed by atoms with van der Waals surface area (Å²) in [4.78, 5) is 15.5. The SMILES string of the molecule is CCCN(CC(=O)O)C1CCN(CC(C)C)CC1. The molecule has 0 aromatic heterocycles. The third kappa shape index (κ3) is 5.36. The molecule has 4 nitrogen and oxygen atoms in total. The minimum absolute atomic E-state index is 0.197. The van der Waals surface area contributed by atoms with Crippen LogP contribution in [0.15, 0.2) is 0 Å². The van der Waals surface area contributed by atoms with Gasteiger partial charge in [-0.1, -0.05) is 20.8 Å². The molecule has 1 heterocycles. The zero-order chi connectivity index (χ0) is 13.5. The summed E-state index contributed by atoms with van der Waals surface area (Å²) < 4.78 is 0. The molecule has 1 aliphatic rings. The van der Waals surface area contributed by atoms with Gasteiger partial charge < -0.3 is 10.0 Å². The molecule has 4 heteroatoms. The Morgan fingerprint density at radius 3 is 2.44 bits per heavy atom. The minimum Gasteiger partial charge on any atom is -0.480 e. The van der Waals surface area contributed by atoms with E-state index in [0.29, 0.717) is 12.0 Å². The van der Waals surface area contributed by atoms with Gasteiger partial charge in [-0.25, -0.2) is 0 Å². The van der Waals surface area contributed by atoms with E-state index >= 15 is 0 Å². The highest BCUT2D eigenvalue weighted by Gasteiger charge is 2.25. The Hall–Kier alpha value is -0.610. The van der Waals surface area contributed by atoms with Crippen molar-refractivity contribution < 1.29 is 9.90 Å². The fourth-order valence-corrected chi connectivity index (χ4v) is 2.84. The molecular weight excluding hydrogens is 228 g/mol. The van der Waals surface area contributed by atoms with Crippen LogP contribution in [0.3, 0.4) is 0 Å². The van der Waals surface area contributed by atoms with E-state index in [1.807, 2.05) is 0 Å². The highest BCUT2D eigenvalue weighted by atomic mass is 16.4. The molecule has 0 radical (unpaired) electrons. The summed E-state index contributed by atoms with van der Waals surface area (Å²) in [5.41, 5.74) is 0. The van der Waals surface area contributed by atoms with E-state index in [4.69, 9.17) is 5.11 Å². The second kappa shape index (κ2) is 7.74. The van der Waals surface area contributed by atoms with Gasteiger partial charge in [0.2, 0.25) is 0 Å². The summed E-state index contributed by atoms with van der Waals surface area (Å²) in [5.74, 6) is 0.0142. The van der Waals surface area contributed by atoms with Crippen molar-refractivity contribution in [1.82, 2.24) is 9.80 Å². The smallest absolute Gasteiger partial charge is 0.317 e. The van der Waals surface area contributed by atoms with E-state index in [1.165, 1.54) is 6.54 Å². The van der Waals surface area contributed by atoms with Crippen LogP contribution in [0.25, 0.3) is 0 Å². The van der Waals surface area contributed by atoms with Crippen molar-refractivity contribution in [3.05, 3.63) is 0 Å². The Kier molecular flexibility index (Phi) is 6.65. The first-order valence-electron chi connectivity index (χ1n) is 7.21. The first kappa shape index (κ1) is 15.4. The van der Waals surface area contributed by atoms with E-state index in [0.717, 1.165) is 38.9 Å². The third-order valence-corrected chi connectivity index (χ3v) is 3.55. The largest absolute Gasteiger partial charge is 0.480 e. The van der Waals surface area contributed by atoms with Gasteiger partial charge in [-0.05, 0) is 44.8 Å². The lowest BCUT2D eigenvalue weighted by molar-refractivity contribution is -0.139. The van der Waals surface area contributed by atoms with E-state index in [2.05, 4.69) is 30.6 Å². The lowest BCUT2D eigenvalue weighted by Gasteiger charge is -2.38. The molecule has 1 saturated heterocycles. The first-order valence-corrected chi connectivity index (χ1v) is 7.21. The monoisotopic (exact) mass is 256 g/mol. The van der Waals surface area contributed by atoms with Gasteiger partial charge in [-0.2, -0.15) is 0 Å². The highest BCUT2D eigenvalue weighted by molar-refractivity contribution is 5.69. The second-order valence-electron chi connectivity index (χ2n) is 5.79. The maximum atomic E-state index is 10.9. The summed E-state index contributed by atoms with van der Waals surface area (Å²) in [7, 11) is 0. The fourth-order valence-electron chi connectivity index (χ4n) is 2.84. The number of rotatable bonds is 7. The molecule has 1 N–H and O–H groups in total. The lowest BCUT2D eigenvalue weighted by atomic mass is 10.0. The predicted molar refractivity (Wildman–Crippen MR) is 73.8 cm³/mol. The van der Waals surface area contributed by atoms with Gasteiger partial charge in [0.25, 0.3) is 0 Å². The van der Waals surface area contributed by atoms with E-state index in [1.54, 1.807) is 0 Å². The average molecular weight is 256 g/mol. The molecule has 0 aromatic rings. The molecule has 0 spiro atoms. The molecule has 1 aliphatic heterocycles. The van der Waals surface area contributed by atoms with Gasteiger partial charge in [0, 0.05) is 12.6 Å². The molecule has 0 amide bonds. The van der Waals surface area contributed by atoms with Crippen molar-refractivity contribution in [2.24, 2.45) is 5.92 Å². The van der Waals surface area contributed by atoms with Crippen LogP contribution in [-0.2, 0) is 4.79 Å². The Morgan fingerprint density at radius 2 is 2.00 bits per heavy atom. The highest BCUT2D eigenvalue weighted by Crippen LogP contribution is 2.17. The molecule has 0 aromatic carbocycles. The quantitative estimate of drug-likeness (QED) is 0.755. The number of hydrogen-bond acceptors (Lipinski definition) is 3. The number of nitrogens with zero attached hydrogens (tertiary/aromatic N) is 2. The number of carboxylic acid groups (broad SMARTS) is 1. The fraction of sp³-hybridized carbons (Fsp3) is 0.929. The molecule has 1 fully saturated rings. The van der Waals surface area contributed by atoms with Gasteiger partial charge in [-0.3, -0.25) is 9.69 Å². The van der Waals surface area contributed by atoms with Crippen molar-refractivity contribution >= 4 is 5.97 Å². The Morgan fingerprint density at radius 1 is 1.39 bits per heavy atom. The standard InChI is InChI=1S/C14H28N2O2/c1-4-7-16(11-14(17)18)13-5-8-15(9-6-13)10-12(2)3/h12-13H,4-11H2,1-3H3,(H,17,18). The number of likely N-dealkylation sites (tertiary alicyclic amines) is 1. The molecule has 0 aliphatic carbocycles. The van der Waals surface area contributed by atoms with Gasteiger partial charge in [0.15, 0.2) is 0 Å². The maximum absolute atomic E-state index is 10.9. The van der Waals surface area contributed by atoms with Crippen LogP contribution in [-0.4, -0.2) is 59.6 Å². The second-order valence-corrected chi connectivity index (χ2v) is 5.79. The number of piperidine rings is 1. The predicted octanol–water partition coefficient (Wildman–Crippen LogP) is 1.90. The summed E-state index contributed by atoms with van der Waals surface area (Å²) >= 11 is 0. The van der Waals surface area contributed by atoms with Crippen LogP contribution >= 0.6 is 0 Å². The maximum Gasteiger partial charge on any atom is 0.317 e. The summed E-state index contributed by atoms with van der Waals surface area (Å²) in [6, 6.07) is 0.462. The Balaban J connectivity index is 2.40. The number of carbonyl (C=O) groups is 1. The molecule has 0 atom stereocenters. The molecule has 18 heavy (non-hydrogen) atoms. The summed E-state index contributed by atoms with van der Waals surface area (Å²) in [5, 5.41) is 8.96. The van der Waals surface area contributed by atoms with Crippen LogP contribution in [0.1, 0.15) is 40.0 Å². The molecule has 1 rings (SSSR count). The normalized spacial score (nSPS) is 18.7. The average Bonchev–Trinajstić information content (AvgIpc) is 2.28. The first-order chi connectivity index (χ1) is 8.52. The third-order valence-electron chi connectivity index (χ3n) is 3.55. The van der Waals surface area contributed by atoms with Gasteiger partial charge in [0.1, 0.15) is 0 Å². The van der Waals surface area contributed by atoms with Crippen LogP contribution in [0, 0.1) is 5.92 Å². The zero-order valence-corrected chi connectivity index (χ0v) is 12.1. The lowest BCUT2D eigenvalue weighted by Crippen LogP contribution is -2.47. The van der Waals surface area contributed by atoms with Crippen molar-refractivity contribution in [3.8, 4) is 0 Å². The van der Waals surface area contributed by atoms with Crippen LogP contribution in [0.5, 0.6) is 0 Å².